The molecular weight excluding hydrogens is 250 g/mol. The van der Waals surface area contributed by atoms with E-state index >= 15 is 0 Å². The fourth-order valence-corrected chi connectivity index (χ4v) is 1.93. The lowest BCUT2D eigenvalue weighted by Gasteiger charge is -2.29. The highest BCUT2D eigenvalue weighted by Crippen LogP contribution is 2.08. The molecule has 1 heterocycles. The summed E-state index contributed by atoms with van der Waals surface area (Å²) in [5.74, 6) is -0.232. The first-order valence-electron chi connectivity index (χ1n) is 5.82. The molecule has 0 fully saturated rings. The highest BCUT2D eigenvalue weighted by atomic mass is 16.6. The summed E-state index contributed by atoms with van der Waals surface area (Å²) in [7, 11) is 3.84. The van der Waals surface area contributed by atoms with E-state index in [9.17, 15) is 14.9 Å². The van der Waals surface area contributed by atoms with Crippen molar-refractivity contribution in [3.8, 4) is 0 Å². The van der Waals surface area contributed by atoms with Crippen LogP contribution in [0.25, 0.3) is 0 Å². The monoisotopic (exact) mass is 269 g/mol. The third kappa shape index (κ3) is 5.04. The van der Waals surface area contributed by atoms with Crippen molar-refractivity contribution in [2.24, 2.45) is 0 Å². The summed E-state index contributed by atoms with van der Waals surface area (Å²) >= 11 is 0. The summed E-state index contributed by atoms with van der Waals surface area (Å²) in [5.41, 5.74) is -0.500. The van der Waals surface area contributed by atoms with Crippen LogP contribution in [0.1, 0.15) is 13.8 Å². The zero-order valence-corrected chi connectivity index (χ0v) is 11.6. The molecule has 106 valence electrons. The molecule has 0 unspecified atom stereocenters. The lowest BCUT2D eigenvalue weighted by molar-refractivity contribution is -0.385. The Hall–Kier alpha value is -1.96. The molecule has 19 heavy (non-hydrogen) atoms. The van der Waals surface area contributed by atoms with Gasteiger partial charge < -0.3 is 10.2 Å². The molecule has 8 nitrogen and oxygen atoms in total. The van der Waals surface area contributed by atoms with E-state index in [4.69, 9.17) is 0 Å². The highest BCUT2D eigenvalue weighted by molar-refractivity contribution is 5.76. The number of carbonyl (C=O) groups excluding carboxylic acids is 1. The molecule has 0 aliphatic rings. The lowest BCUT2D eigenvalue weighted by atomic mass is 10.1. The van der Waals surface area contributed by atoms with Gasteiger partial charge in [-0.3, -0.25) is 19.6 Å². The average molecular weight is 269 g/mol. The van der Waals surface area contributed by atoms with Crippen molar-refractivity contribution in [1.29, 1.82) is 0 Å². The van der Waals surface area contributed by atoms with E-state index in [1.54, 1.807) is 0 Å². The molecule has 1 aromatic heterocycles. The number of carbonyl (C=O) groups is 1. The molecule has 0 radical (unpaired) electrons. The van der Waals surface area contributed by atoms with Crippen molar-refractivity contribution >= 4 is 11.6 Å². The van der Waals surface area contributed by atoms with Gasteiger partial charge in [-0.1, -0.05) is 0 Å². The number of aromatic nitrogens is 2. The van der Waals surface area contributed by atoms with Crippen LogP contribution in [-0.2, 0) is 11.3 Å². The fourth-order valence-electron chi connectivity index (χ4n) is 1.93. The van der Waals surface area contributed by atoms with E-state index in [1.807, 2.05) is 32.8 Å². The van der Waals surface area contributed by atoms with E-state index in [-0.39, 0.29) is 23.7 Å². The van der Waals surface area contributed by atoms with E-state index in [0.29, 0.717) is 6.54 Å². The smallest absolute Gasteiger partial charge is 0.307 e. The predicted molar refractivity (Wildman–Crippen MR) is 69.7 cm³/mol. The Morgan fingerprint density at radius 1 is 1.58 bits per heavy atom. The van der Waals surface area contributed by atoms with Gasteiger partial charge in [0, 0.05) is 12.1 Å². The van der Waals surface area contributed by atoms with Gasteiger partial charge in [-0.05, 0) is 27.9 Å². The molecular formula is C11H19N5O3. The number of hydrogen-bond acceptors (Lipinski definition) is 5. The number of likely N-dealkylation sites (N-methyl/N-ethyl adjacent to an activating group) is 1. The minimum atomic E-state index is -0.544. The van der Waals surface area contributed by atoms with Crippen molar-refractivity contribution < 1.29 is 9.72 Å². The van der Waals surface area contributed by atoms with Gasteiger partial charge in [0.25, 0.3) is 0 Å². The Morgan fingerprint density at radius 3 is 2.68 bits per heavy atom. The molecule has 0 aromatic carbocycles. The molecule has 0 saturated carbocycles. The van der Waals surface area contributed by atoms with Crippen molar-refractivity contribution in [3.05, 3.63) is 22.5 Å². The quantitative estimate of drug-likeness (QED) is 0.590. The van der Waals surface area contributed by atoms with Crippen LogP contribution in [0.3, 0.4) is 0 Å². The maximum absolute atomic E-state index is 11.8. The Balaban J connectivity index is 2.57. The van der Waals surface area contributed by atoms with Gasteiger partial charge >= 0.3 is 5.69 Å². The maximum atomic E-state index is 11.8. The largest absolute Gasteiger partial charge is 0.348 e. The third-order valence-electron chi connectivity index (χ3n) is 2.33. The van der Waals surface area contributed by atoms with Crippen molar-refractivity contribution in [2.45, 2.75) is 25.9 Å². The van der Waals surface area contributed by atoms with Gasteiger partial charge in [0.05, 0.1) is 4.92 Å². The van der Waals surface area contributed by atoms with Gasteiger partial charge in [0.1, 0.15) is 18.9 Å². The van der Waals surface area contributed by atoms with E-state index in [0.717, 1.165) is 6.20 Å². The minimum absolute atomic E-state index is 0.0370. The van der Waals surface area contributed by atoms with Crippen molar-refractivity contribution in [1.82, 2.24) is 20.0 Å². The Kier molecular flexibility index (Phi) is 4.60. The van der Waals surface area contributed by atoms with Crippen LogP contribution in [0, 0.1) is 10.1 Å². The molecule has 0 bridgehead atoms. The first-order valence-corrected chi connectivity index (χ1v) is 5.82. The van der Waals surface area contributed by atoms with Gasteiger partial charge in [0.2, 0.25) is 5.91 Å². The fraction of sp³-hybridized carbons (Fsp3) is 0.636. The number of nitro groups is 1. The molecule has 0 aliphatic heterocycles. The number of amides is 1. The van der Waals surface area contributed by atoms with Crippen LogP contribution >= 0.6 is 0 Å². The first kappa shape index (κ1) is 15.1. The van der Waals surface area contributed by atoms with Gasteiger partial charge in [-0.25, -0.2) is 0 Å². The number of nitrogens with zero attached hydrogens (tertiary/aromatic N) is 4. The Morgan fingerprint density at radius 2 is 2.21 bits per heavy atom. The maximum Gasteiger partial charge on any atom is 0.307 e. The number of nitrogens with one attached hydrogen (secondary N) is 1. The first-order chi connectivity index (χ1) is 8.69. The van der Waals surface area contributed by atoms with Gasteiger partial charge in [-0.2, -0.15) is 5.10 Å². The molecule has 0 spiro atoms. The lowest BCUT2D eigenvalue weighted by Crippen LogP contribution is -2.50. The minimum Gasteiger partial charge on any atom is -0.348 e. The van der Waals surface area contributed by atoms with Crippen LogP contribution < -0.4 is 5.32 Å². The summed E-state index contributed by atoms with van der Waals surface area (Å²) < 4.78 is 1.25. The number of rotatable bonds is 6. The zero-order chi connectivity index (χ0) is 14.6. The van der Waals surface area contributed by atoms with Crippen molar-refractivity contribution in [3.63, 3.8) is 0 Å². The van der Waals surface area contributed by atoms with E-state index in [2.05, 4.69) is 10.4 Å². The summed E-state index contributed by atoms with van der Waals surface area (Å²) in [6.45, 7) is 4.48. The van der Waals surface area contributed by atoms with Crippen LogP contribution in [0.5, 0.6) is 0 Å². The predicted octanol–water partition coefficient (Wildman–Crippen LogP) is 0.248. The topological polar surface area (TPSA) is 93.3 Å². The molecule has 8 heteroatoms. The Bertz CT molecular complexity index is 467. The second-order valence-electron chi connectivity index (χ2n) is 5.32. The average Bonchev–Trinajstić information content (AvgIpc) is 2.62. The van der Waals surface area contributed by atoms with Crippen LogP contribution in [0.15, 0.2) is 12.4 Å². The van der Waals surface area contributed by atoms with Crippen LogP contribution in [0.2, 0.25) is 0 Å². The second kappa shape index (κ2) is 5.79. The molecule has 1 rings (SSSR count). The molecule has 1 N–H and O–H groups in total. The summed E-state index contributed by atoms with van der Waals surface area (Å²) in [5, 5.41) is 17.1. The number of hydrogen-bond donors (Lipinski definition) is 1. The summed E-state index contributed by atoms with van der Waals surface area (Å²) in [6, 6.07) is 0. The molecule has 1 aromatic rings. The van der Waals surface area contributed by atoms with Gasteiger partial charge in [-0.15, -0.1) is 0 Å². The molecule has 0 aliphatic carbocycles. The normalized spacial score (nSPS) is 11.6. The van der Waals surface area contributed by atoms with Crippen molar-refractivity contribution in [2.75, 3.05) is 20.6 Å². The summed E-state index contributed by atoms with van der Waals surface area (Å²) in [4.78, 5) is 23.8. The van der Waals surface area contributed by atoms with Gasteiger partial charge in [0.15, 0.2) is 0 Å². The summed E-state index contributed by atoms with van der Waals surface area (Å²) in [6.07, 6.45) is 2.36. The molecule has 0 atom stereocenters. The highest BCUT2D eigenvalue weighted by Gasteiger charge is 2.21. The zero-order valence-electron chi connectivity index (χ0n) is 11.6. The van der Waals surface area contributed by atoms with E-state index in [1.165, 1.54) is 10.9 Å². The second-order valence-corrected chi connectivity index (χ2v) is 5.32. The Labute approximate surface area is 111 Å². The standard InChI is InChI=1S/C11H19N5O3/c1-11(2,8-14(3)4)13-10(17)7-15-6-9(5-12-15)16(18)19/h5-6H,7-8H2,1-4H3,(H,13,17). The molecule has 0 saturated heterocycles. The SMILES string of the molecule is CN(C)CC(C)(C)NC(=O)Cn1cc([N+](=O)[O-])cn1. The van der Waals surface area contributed by atoms with E-state index < -0.39 is 4.92 Å². The van der Waals surface area contributed by atoms with Crippen LogP contribution in [0.4, 0.5) is 5.69 Å². The third-order valence-corrected chi connectivity index (χ3v) is 2.33. The van der Waals surface area contributed by atoms with Crippen LogP contribution in [-0.4, -0.2) is 51.7 Å². The molecule has 1 amide bonds.